The van der Waals surface area contributed by atoms with Crippen molar-refractivity contribution in [1.82, 2.24) is 15.0 Å². The average molecular weight is 791 g/mol. The molecule has 3 aromatic rings. The minimum atomic E-state index is 0. The molecule has 10 heteroatoms. The van der Waals surface area contributed by atoms with E-state index in [1.54, 1.807) is 28.9 Å². The van der Waals surface area contributed by atoms with Crippen LogP contribution >= 0.6 is 22.7 Å². The second-order valence-corrected chi connectivity index (χ2v) is 20.2. The van der Waals surface area contributed by atoms with Crippen molar-refractivity contribution in [3.63, 3.8) is 0 Å². The summed E-state index contributed by atoms with van der Waals surface area (Å²) in [7, 11) is 0. The van der Waals surface area contributed by atoms with Gasteiger partial charge in [0.1, 0.15) is 11.3 Å². The van der Waals surface area contributed by atoms with Crippen molar-refractivity contribution in [2.45, 2.75) is 206 Å². The standard InChI is InChI=1S/C12H24.C10H17NO2.2C10H17NOS.C2H6.B/c1-9(2)7-11-5-6-12(8-11)10(3)4;1-7(2)13-9-11-8(6-12-9)10(3,4)5;1-7(2)12-8-6-13-9(11-8)10(3,4)5;1-7(2)12-9-11-8(6-13-9)10(3,4)5;1-2;/h9-12H,5-8H2,1-4H3;3*6-7H,1-5H3;1-2H3;. The molecule has 0 amide bonds. The number of thiazole rings is 2. The Morgan fingerprint density at radius 1 is 0.667 bits per heavy atom. The molecule has 1 saturated carbocycles. The molecule has 0 bridgehead atoms. The van der Waals surface area contributed by atoms with Crippen molar-refractivity contribution >= 4 is 31.1 Å². The number of hydrogen-bond acceptors (Lipinski definition) is 9. The van der Waals surface area contributed by atoms with E-state index in [0.29, 0.717) is 6.08 Å². The predicted molar refractivity (Wildman–Crippen MR) is 236 cm³/mol. The lowest BCUT2D eigenvalue weighted by molar-refractivity contribution is 0.176. The molecule has 1 aliphatic rings. The zero-order valence-corrected chi connectivity index (χ0v) is 40.1. The lowest BCUT2D eigenvalue weighted by atomic mass is 9.90. The van der Waals surface area contributed by atoms with Gasteiger partial charge >= 0.3 is 6.08 Å². The fourth-order valence-electron chi connectivity index (χ4n) is 5.21. The quantitative estimate of drug-likeness (QED) is 0.200. The summed E-state index contributed by atoms with van der Waals surface area (Å²) in [4.78, 5) is 13.1. The van der Waals surface area contributed by atoms with Crippen molar-refractivity contribution < 1.29 is 18.6 Å². The van der Waals surface area contributed by atoms with E-state index in [-0.39, 0.29) is 43.0 Å². The summed E-state index contributed by atoms with van der Waals surface area (Å²) < 4.78 is 21.5. The summed E-state index contributed by atoms with van der Waals surface area (Å²) in [5, 5.41) is 5.95. The van der Waals surface area contributed by atoms with Crippen molar-refractivity contribution in [1.29, 1.82) is 0 Å². The molecule has 1 aliphatic carbocycles. The number of oxazole rings is 1. The zero-order chi connectivity index (χ0) is 41.3. The molecule has 311 valence electrons. The van der Waals surface area contributed by atoms with Gasteiger partial charge in [0.25, 0.3) is 5.19 Å². The monoisotopic (exact) mass is 791 g/mol. The van der Waals surface area contributed by atoms with Crippen LogP contribution in [-0.4, -0.2) is 41.7 Å². The molecule has 2 atom stereocenters. The van der Waals surface area contributed by atoms with Gasteiger partial charge in [-0.2, -0.15) is 4.98 Å². The highest BCUT2D eigenvalue weighted by Crippen LogP contribution is 2.38. The molecular weight excluding hydrogens is 709 g/mol. The van der Waals surface area contributed by atoms with Crippen LogP contribution in [-0.2, 0) is 16.2 Å². The predicted octanol–water partition coefficient (Wildman–Crippen LogP) is 14.0. The van der Waals surface area contributed by atoms with Gasteiger partial charge in [0.2, 0.25) is 5.88 Å². The summed E-state index contributed by atoms with van der Waals surface area (Å²) in [6, 6.07) is 0. The lowest BCUT2D eigenvalue weighted by Gasteiger charge is -2.15. The fourth-order valence-corrected chi connectivity index (χ4v) is 7.05. The summed E-state index contributed by atoms with van der Waals surface area (Å²) in [6.07, 6.45) is 8.49. The molecule has 4 rings (SSSR count). The van der Waals surface area contributed by atoms with Crippen LogP contribution in [0.1, 0.15) is 187 Å². The molecule has 0 N–H and O–H groups in total. The van der Waals surface area contributed by atoms with E-state index in [1.807, 2.05) is 60.8 Å². The van der Waals surface area contributed by atoms with Crippen LogP contribution in [0.3, 0.4) is 0 Å². The first kappa shape index (κ1) is 54.0. The first-order valence-corrected chi connectivity index (χ1v) is 21.9. The zero-order valence-electron chi connectivity index (χ0n) is 38.5. The SMILES string of the molecule is CC.CC(C)CC1CCC(C(C)C)C1.CC(C)Oc1csc(C(C)(C)C)n1.CC(C)Oc1nc(C(C)(C)C)co1.CC(C)Oc1nc(C(C)(C)C)cs1.[B]. The van der Waals surface area contributed by atoms with Crippen LogP contribution in [0.25, 0.3) is 0 Å². The summed E-state index contributed by atoms with van der Waals surface area (Å²) >= 11 is 3.23. The maximum Gasteiger partial charge on any atom is 0.393 e. The van der Waals surface area contributed by atoms with Crippen LogP contribution in [0.5, 0.6) is 17.2 Å². The normalized spacial score (nSPS) is 15.7. The molecule has 7 nitrogen and oxygen atoms in total. The minimum absolute atomic E-state index is 0. The lowest BCUT2D eigenvalue weighted by Crippen LogP contribution is -2.12. The van der Waals surface area contributed by atoms with E-state index in [9.17, 15) is 0 Å². The second-order valence-electron chi connectivity index (χ2n) is 18.6. The summed E-state index contributed by atoms with van der Waals surface area (Å²) in [5.74, 6) is 4.67. The van der Waals surface area contributed by atoms with E-state index in [0.717, 1.165) is 51.1 Å². The molecule has 3 heterocycles. The molecule has 3 aromatic heterocycles. The number of nitrogens with zero attached hydrogens (tertiary/aromatic N) is 3. The maximum absolute atomic E-state index is 5.50. The Kier molecular flexibility index (Phi) is 25.3. The molecular formula is C44H81BN3O4S2. The van der Waals surface area contributed by atoms with E-state index in [2.05, 4.69) is 110 Å². The van der Waals surface area contributed by atoms with Gasteiger partial charge in [0.15, 0.2) is 0 Å². The maximum atomic E-state index is 5.50. The number of ether oxygens (including phenoxy) is 3. The first-order chi connectivity index (χ1) is 24.3. The van der Waals surface area contributed by atoms with Crippen LogP contribution in [0.15, 0.2) is 21.4 Å². The fraction of sp³-hybridized carbons (Fsp3) is 0.795. The van der Waals surface area contributed by atoms with Crippen molar-refractivity contribution in [2.24, 2.45) is 23.7 Å². The van der Waals surface area contributed by atoms with E-state index in [4.69, 9.17) is 18.6 Å². The second kappa shape index (κ2) is 25.2. The van der Waals surface area contributed by atoms with Gasteiger partial charge in [-0.25, -0.2) is 9.97 Å². The Bertz CT molecular complexity index is 1220. The van der Waals surface area contributed by atoms with Gasteiger partial charge in [-0.15, -0.1) is 11.3 Å². The van der Waals surface area contributed by atoms with Gasteiger partial charge in [-0.05, 0) is 84.5 Å². The van der Waals surface area contributed by atoms with Crippen LogP contribution < -0.4 is 14.2 Å². The summed E-state index contributed by atoms with van der Waals surface area (Å²) in [6.45, 7) is 44.6. The molecule has 2 unspecified atom stereocenters. The van der Waals surface area contributed by atoms with Gasteiger partial charge in [0.05, 0.1) is 35.1 Å². The molecule has 0 aromatic carbocycles. The van der Waals surface area contributed by atoms with Crippen molar-refractivity contribution in [2.75, 3.05) is 0 Å². The van der Waals surface area contributed by atoms with Crippen LogP contribution in [0.4, 0.5) is 0 Å². The number of rotatable bonds is 9. The molecule has 0 saturated heterocycles. The van der Waals surface area contributed by atoms with Gasteiger partial charge in [-0.3, -0.25) is 0 Å². The molecule has 54 heavy (non-hydrogen) atoms. The highest BCUT2D eigenvalue weighted by atomic mass is 32.1. The van der Waals surface area contributed by atoms with Crippen molar-refractivity contribution in [3.05, 3.63) is 33.4 Å². The topological polar surface area (TPSA) is 79.5 Å². The Morgan fingerprint density at radius 3 is 1.57 bits per heavy atom. The van der Waals surface area contributed by atoms with Crippen LogP contribution in [0, 0.1) is 23.7 Å². The Labute approximate surface area is 343 Å². The minimum Gasteiger partial charge on any atom is -0.474 e. The molecule has 3 radical (unpaired) electrons. The van der Waals surface area contributed by atoms with Crippen molar-refractivity contribution in [3.8, 4) is 17.2 Å². The van der Waals surface area contributed by atoms with Gasteiger partial charge in [-0.1, -0.05) is 122 Å². The van der Waals surface area contributed by atoms with Crippen LogP contribution in [0.2, 0.25) is 0 Å². The Balaban J connectivity index is 0. The molecule has 0 spiro atoms. The third-order valence-corrected chi connectivity index (χ3v) is 9.96. The van der Waals surface area contributed by atoms with E-state index in [1.165, 1.54) is 25.7 Å². The van der Waals surface area contributed by atoms with E-state index >= 15 is 0 Å². The van der Waals surface area contributed by atoms with E-state index < -0.39 is 0 Å². The average Bonchev–Trinajstić information content (AvgIpc) is 3.81. The third kappa shape index (κ3) is 23.1. The largest absolute Gasteiger partial charge is 0.474 e. The highest BCUT2D eigenvalue weighted by molar-refractivity contribution is 7.11. The molecule has 1 fully saturated rings. The van der Waals surface area contributed by atoms with Gasteiger partial charge in [0, 0.05) is 30.0 Å². The summed E-state index contributed by atoms with van der Waals surface area (Å²) in [5.41, 5.74) is 2.29. The third-order valence-electron chi connectivity index (χ3n) is 7.99. The number of hydrogen-bond donors (Lipinski definition) is 0. The smallest absolute Gasteiger partial charge is 0.393 e. The van der Waals surface area contributed by atoms with Gasteiger partial charge < -0.3 is 18.6 Å². The first-order valence-electron chi connectivity index (χ1n) is 20.2. The Morgan fingerprint density at radius 2 is 1.20 bits per heavy atom. The highest BCUT2D eigenvalue weighted by Gasteiger charge is 2.27. The Hall–Kier alpha value is -2.07. The number of aromatic nitrogens is 3. The molecule has 0 aliphatic heterocycles.